The van der Waals surface area contributed by atoms with Gasteiger partial charge in [-0.3, -0.25) is 4.79 Å². The number of hydrogen-bond donors (Lipinski definition) is 2. The number of benzene rings is 2. The Balaban J connectivity index is 1.54. The topological polar surface area (TPSA) is 76.1 Å². The van der Waals surface area contributed by atoms with Gasteiger partial charge in [-0.05, 0) is 73.4 Å². The number of amides is 1. The van der Waals surface area contributed by atoms with Gasteiger partial charge in [-0.1, -0.05) is 18.2 Å². The van der Waals surface area contributed by atoms with Crippen molar-refractivity contribution >= 4 is 17.4 Å². The Kier molecular flexibility index (Phi) is 6.22. The van der Waals surface area contributed by atoms with E-state index in [1.807, 2.05) is 50.2 Å². The molecule has 0 aliphatic heterocycles. The minimum Gasteiger partial charge on any atom is -0.497 e. The number of aryl methyl sites for hydroxylation is 2. The maximum atomic E-state index is 12.3. The van der Waals surface area contributed by atoms with E-state index in [4.69, 9.17) is 4.74 Å². The summed E-state index contributed by atoms with van der Waals surface area (Å²) in [6.07, 6.45) is 0.711. The molecule has 2 N–H and O–H groups in total. The summed E-state index contributed by atoms with van der Waals surface area (Å²) in [7, 11) is 1.64. The van der Waals surface area contributed by atoms with Crippen LogP contribution in [0.5, 0.6) is 5.75 Å². The second-order valence-electron chi connectivity index (χ2n) is 6.66. The Bertz CT molecular complexity index is 935. The summed E-state index contributed by atoms with van der Waals surface area (Å²) in [5, 5.41) is 14.2. The molecule has 0 spiro atoms. The predicted octanol–water partition coefficient (Wildman–Crippen LogP) is 3.82. The molecule has 0 aliphatic carbocycles. The molecule has 6 nitrogen and oxygen atoms in total. The lowest BCUT2D eigenvalue weighted by atomic mass is 10.1. The molecule has 28 heavy (non-hydrogen) atoms. The van der Waals surface area contributed by atoms with Crippen molar-refractivity contribution < 1.29 is 9.53 Å². The zero-order valence-electron chi connectivity index (χ0n) is 16.3. The minimum atomic E-state index is -0.242. The number of hydrogen-bond acceptors (Lipinski definition) is 5. The Morgan fingerprint density at radius 3 is 2.46 bits per heavy atom. The van der Waals surface area contributed by atoms with Crippen molar-refractivity contribution in [2.45, 2.75) is 20.3 Å². The molecule has 3 aromatic rings. The van der Waals surface area contributed by atoms with Crippen LogP contribution in [0.3, 0.4) is 0 Å². The lowest BCUT2D eigenvalue weighted by molar-refractivity contribution is 0.0948. The third kappa shape index (κ3) is 5.30. The first-order valence-electron chi connectivity index (χ1n) is 9.13. The van der Waals surface area contributed by atoms with Gasteiger partial charge in [0.05, 0.1) is 7.11 Å². The maximum Gasteiger partial charge on any atom is 0.271 e. The third-order valence-electron chi connectivity index (χ3n) is 4.22. The van der Waals surface area contributed by atoms with Crippen molar-refractivity contribution in [3.05, 3.63) is 77.0 Å². The van der Waals surface area contributed by atoms with Crippen LogP contribution < -0.4 is 15.4 Å². The van der Waals surface area contributed by atoms with Gasteiger partial charge in [0.2, 0.25) is 0 Å². The Labute approximate surface area is 165 Å². The lowest BCUT2D eigenvalue weighted by Crippen LogP contribution is -2.26. The molecule has 6 heteroatoms. The smallest absolute Gasteiger partial charge is 0.271 e. The van der Waals surface area contributed by atoms with Gasteiger partial charge in [0, 0.05) is 12.2 Å². The summed E-state index contributed by atoms with van der Waals surface area (Å²) in [5.74, 6) is 1.16. The van der Waals surface area contributed by atoms with Crippen LogP contribution in [0.15, 0.2) is 54.6 Å². The van der Waals surface area contributed by atoms with Crippen LogP contribution in [0.1, 0.15) is 27.2 Å². The fourth-order valence-corrected chi connectivity index (χ4v) is 2.95. The number of carbonyl (C=O) groups is 1. The van der Waals surface area contributed by atoms with Crippen LogP contribution in [0.4, 0.5) is 11.5 Å². The number of carbonyl (C=O) groups excluding carboxylic acids is 1. The number of rotatable bonds is 7. The molecule has 1 aromatic heterocycles. The molecule has 0 unspecified atom stereocenters. The fourth-order valence-electron chi connectivity index (χ4n) is 2.95. The average molecular weight is 376 g/mol. The highest BCUT2D eigenvalue weighted by molar-refractivity contribution is 5.92. The summed E-state index contributed by atoms with van der Waals surface area (Å²) in [6, 6.07) is 17.4. The van der Waals surface area contributed by atoms with Crippen molar-refractivity contribution in [1.82, 2.24) is 15.5 Å². The van der Waals surface area contributed by atoms with E-state index in [1.54, 1.807) is 19.2 Å². The first kappa shape index (κ1) is 19.4. The fraction of sp³-hybridized carbons (Fsp3) is 0.227. The normalized spacial score (nSPS) is 10.4. The van der Waals surface area contributed by atoms with Gasteiger partial charge in [0.15, 0.2) is 11.5 Å². The molecule has 0 saturated carbocycles. The summed E-state index contributed by atoms with van der Waals surface area (Å²) in [4.78, 5) is 12.3. The van der Waals surface area contributed by atoms with Gasteiger partial charge in [-0.15, -0.1) is 10.2 Å². The maximum absolute atomic E-state index is 12.3. The van der Waals surface area contributed by atoms with Crippen LogP contribution in [-0.2, 0) is 6.42 Å². The van der Waals surface area contributed by atoms with Crippen molar-refractivity contribution in [3.63, 3.8) is 0 Å². The molecule has 0 saturated heterocycles. The number of methoxy groups -OCH3 is 1. The summed E-state index contributed by atoms with van der Waals surface area (Å²) in [5.41, 5.74) is 4.67. The summed E-state index contributed by atoms with van der Waals surface area (Å²) >= 11 is 0. The number of nitrogens with one attached hydrogen (secondary N) is 2. The predicted molar refractivity (Wildman–Crippen MR) is 110 cm³/mol. The van der Waals surface area contributed by atoms with Crippen molar-refractivity contribution in [3.8, 4) is 5.75 Å². The van der Waals surface area contributed by atoms with Crippen LogP contribution >= 0.6 is 0 Å². The van der Waals surface area contributed by atoms with Crippen molar-refractivity contribution in [2.24, 2.45) is 0 Å². The molecule has 0 fully saturated rings. The number of aromatic nitrogens is 2. The number of ether oxygens (including phenoxy) is 1. The van der Waals surface area contributed by atoms with Crippen molar-refractivity contribution in [2.75, 3.05) is 19.0 Å². The third-order valence-corrected chi connectivity index (χ3v) is 4.22. The number of anilines is 2. The highest BCUT2D eigenvalue weighted by atomic mass is 16.5. The quantitative estimate of drug-likeness (QED) is 0.656. The highest BCUT2D eigenvalue weighted by Crippen LogP contribution is 2.18. The molecule has 2 aromatic carbocycles. The van der Waals surface area contributed by atoms with E-state index in [2.05, 4.69) is 26.9 Å². The highest BCUT2D eigenvalue weighted by Gasteiger charge is 2.08. The Morgan fingerprint density at radius 1 is 1.00 bits per heavy atom. The van der Waals surface area contributed by atoms with Crippen LogP contribution in [-0.4, -0.2) is 29.8 Å². The van der Waals surface area contributed by atoms with Crippen LogP contribution in [0.2, 0.25) is 0 Å². The molecule has 1 heterocycles. The van der Waals surface area contributed by atoms with Crippen LogP contribution in [0.25, 0.3) is 0 Å². The minimum absolute atomic E-state index is 0.242. The zero-order chi connectivity index (χ0) is 19.9. The lowest BCUT2D eigenvalue weighted by Gasteiger charge is -2.08. The van der Waals surface area contributed by atoms with E-state index in [1.165, 1.54) is 11.1 Å². The van der Waals surface area contributed by atoms with Gasteiger partial charge in [0.25, 0.3) is 5.91 Å². The monoisotopic (exact) mass is 376 g/mol. The standard InChI is InChI=1S/C22H24N4O2/c1-15-11-16(2)13-18(12-15)24-21-8-7-20(25-26-21)22(27)23-10-9-17-5-4-6-19(14-17)28-3/h4-8,11-14H,9-10H2,1-3H3,(H,23,27)(H,24,26). The molecular formula is C22H24N4O2. The Hall–Kier alpha value is -3.41. The first-order valence-corrected chi connectivity index (χ1v) is 9.13. The molecule has 0 radical (unpaired) electrons. The largest absolute Gasteiger partial charge is 0.497 e. The molecule has 0 aliphatic rings. The molecule has 144 valence electrons. The molecule has 0 bridgehead atoms. The second kappa shape index (κ2) is 8.99. The van der Waals surface area contributed by atoms with Gasteiger partial charge in [-0.2, -0.15) is 0 Å². The van der Waals surface area contributed by atoms with Crippen LogP contribution in [0, 0.1) is 13.8 Å². The summed E-state index contributed by atoms with van der Waals surface area (Å²) < 4.78 is 5.21. The summed E-state index contributed by atoms with van der Waals surface area (Å²) in [6.45, 7) is 4.60. The Morgan fingerprint density at radius 2 is 1.79 bits per heavy atom. The molecule has 1 amide bonds. The van der Waals surface area contributed by atoms with Gasteiger partial charge >= 0.3 is 0 Å². The van der Waals surface area contributed by atoms with Gasteiger partial charge in [0.1, 0.15) is 5.75 Å². The SMILES string of the molecule is COc1cccc(CCNC(=O)c2ccc(Nc3cc(C)cc(C)c3)nn2)c1. The molecule has 0 atom stereocenters. The van der Waals surface area contributed by atoms with Crippen molar-refractivity contribution in [1.29, 1.82) is 0 Å². The molecular weight excluding hydrogens is 352 g/mol. The number of nitrogens with zero attached hydrogens (tertiary/aromatic N) is 2. The average Bonchev–Trinajstić information content (AvgIpc) is 2.68. The van der Waals surface area contributed by atoms with E-state index >= 15 is 0 Å². The van der Waals surface area contributed by atoms with E-state index in [0.717, 1.165) is 17.0 Å². The van der Waals surface area contributed by atoms with E-state index < -0.39 is 0 Å². The zero-order valence-corrected chi connectivity index (χ0v) is 16.3. The van der Waals surface area contributed by atoms with E-state index in [0.29, 0.717) is 18.8 Å². The van der Waals surface area contributed by atoms with E-state index in [-0.39, 0.29) is 11.6 Å². The van der Waals surface area contributed by atoms with E-state index in [9.17, 15) is 4.79 Å². The molecule has 3 rings (SSSR count). The second-order valence-corrected chi connectivity index (χ2v) is 6.66. The van der Waals surface area contributed by atoms with Gasteiger partial charge < -0.3 is 15.4 Å². The van der Waals surface area contributed by atoms with Gasteiger partial charge in [-0.25, -0.2) is 0 Å². The first-order chi connectivity index (χ1) is 13.5.